The minimum atomic E-state index is -0.285. The Balaban J connectivity index is 2.01. The molecule has 0 spiro atoms. The van der Waals surface area contributed by atoms with Crippen LogP contribution >= 0.6 is 0 Å². The summed E-state index contributed by atoms with van der Waals surface area (Å²) in [5.41, 5.74) is 9.81. The smallest absolute Gasteiger partial charge is 0.123 e. The Kier molecular flexibility index (Phi) is 8.04. The standard InChI is InChI=1S/C26H28FNO2/c1-29-25-15-13-23(27)18-22(25)19-24(21-10-6-3-7-11-21)26(30-17-16-28)14-12-20-8-4-2-5-9-20/h2-11,13,15,18H,12,14,16-17,19,28H2,1H3/b26-24-. The average molecular weight is 406 g/mol. The van der Waals surface area contributed by atoms with Gasteiger partial charge in [-0.1, -0.05) is 60.7 Å². The van der Waals surface area contributed by atoms with E-state index < -0.39 is 0 Å². The van der Waals surface area contributed by atoms with Crippen LogP contribution < -0.4 is 10.5 Å². The predicted molar refractivity (Wildman–Crippen MR) is 120 cm³/mol. The summed E-state index contributed by atoms with van der Waals surface area (Å²) in [6.45, 7) is 0.862. The Hall–Kier alpha value is -3.11. The van der Waals surface area contributed by atoms with Crippen LogP contribution in [-0.2, 0) is 17.6 Å². The number of halogens is 1. The van der Waals surface area contributed by atoms with Gasteiger partial charge in [-0.15, -0.1) is 0 Å². The molecule has 3 aromatic carbocycles. The van der Waals surface area contributed by atoms with Crippen LogP contribution in [0.25, 0.3) is 5.57 Å². The predicted octanol–water partition coefficient (Wildman–Crippen LogP) is 5.40. The Labute approximate surface area is 178 Å². The zero-order chi connectivity index (χ0) is 21.2. The van der Waals surface area contributed by atoms with E-state index in [1.165, 1.54) is 17.7 Å². The molecule has 0 unspecified atom stereocenters. The maximum Gasteiger partial charge on any atom is 0.123 e. The first kappa shape index (κ1) is 21.6. The molecule has 0 fully saturated rings. The summed E-state index contributed by atoms with van der Waals surface area (Å²) >= 11 is 0. The molecule has 3 rings (SSSR count). The van der Waals surface area contributed by atoms with Gasteiger partial charge < -0.3 is 15.2 Å². The summed E-state index contributed by atoms with van der Waals surface area (Å²) in [4.78, 5) is 0. The van der Waals surface area contributed by atoms with E-state index in [2.05, 4.69) is 24.3 Å². The Morgan fingerprint density at radius 2 is 1.63 bits per heavy atom. The monoisotopic (exact) mass is 405 g/mol. The van der Waals surface area contributed by atoms with Gasteiger partial charge in [0, 0.05) is 30.5 Å². The average Bonchev–Trinajstić information content (AvgIpc) is 2.79. The van der Waals surface area contributed by atoms with Crippen molar-refractivity contribution in [3.05, 3.63) is 107 Å². The number of rotatable bonds is 10. The van der Waals surface area contributed by atoms with Gasteiger partial charge in [0.15, 0.2) is 0 Å². The lowest BCUT2D eigenvalue weighted by atomic mass is 9.94. The topological polar surface area (TPSA) is 44.5 Å². The van der Waals surface area contributed by atoms with Gasteiger partial charge in [0.1, 0.15) is 17.3 Å². The van der Waals surface area contributed by atoms with Gasteiger partial charge in [-0.2, -0.15) is 0 Å². The second-order valence-electron chi connectivity index (χ2n) is 7.02. The van der Waals surface area contributed by atoms with E-state index in [4.69, 9.17) is 15.2 Å². The van der Waals surface area contributed by atoms with Crippen molar-refractivity contribution < 1.29 is 13.9 Å². The fourth-order valence-electron chi connectivity index (χ4n) is 3.47. The van der Waals surface area contributed by atoms with Crippen molar-refractivity contribution in [3.63, 3.8) is 0 Å². The van der Waals surface area contributed by atoms with E-state index in [1.807, 2.05) is 36.4 Å². The number of aryl methyl sites for hydroxylation is 1. The van der Waals surface area contributed by atoms with Crippen molar-refractivity contribution >= 4 is 5.57 Å². The molecule has 0 atom stereocenters. The minimum Gasteiger partial charge on any atom is -0.496 e. The third-order valence-electron chi connectivity index (χ3n) is 4.95. The first-order valence-electron chi connectivity index (χ1n) is 10.2. The molecule has 2 N–H and O–H groups in total. The summed E-state index contributed by atoms with van der Waals surface area (Å²) in [7, 11) is 1.60. The molecule has 0 aliphatic carbocycles. The molecule has 4 heteroatoms. The quantitative estimate of drug-likeness (QED) is 0.460. The van der Waals surface area contributed by atoms with Crippen molar-refractivity contribution in [3.8, 4) is 5.75 Å². The van der Waals surface area contributed by atoms with Crippen molar-refractivity contribution in [1.29, 1.82) is 0 Å². The van der Waals surface area contributed by atoms with Gasteiger partial charge in [0.25, 0.3) is 0 Å². The first-order valence-corrected chi connectivity index (χ1v) is 10.2. The molecule has 0 radical (unpaired) electrons. The molecule has 3 aromatic rings. The number of hydrogen-bond donors (Lipinski definition) is 1. The third-order valence-corrected chi connectivity index (χ3v) is 4.95. The maximum atomic E-state index is 14.0. The highest BCUT2D eigenvalue weighted by atomic mass is 19.1. The van der Waals surface area contributed by atoms with E-state index in [0.717, 1.165) is 35.3 Å². The lowest BCUT2D eigenvalue weighted by Gasteiger charge is -2.19. The van der Waals surface area contributed by atoms with Crippen molar-refractivity contribution in [2.45, 2.75) is 19.3 Å². The molecule has 0 saturated carbocycles. The number of hydrogen-bond acceptors (Lipinski definition) is 3. The Morgan fingerprint density at radius 1 is 0.933 bits per heavy atom. The van der Waals surface area contributed by atoms with Crippen molar-refractivity contribution in [2.24, 2.45) is 5.73 Å². The SMILES string of the molecule is COc1ccc(F)cc1C/C(=C(\CCc1ccccc1)OCCN)c1ccccc1. The molecule has 0 heterocycles. The zero-order valence-electron chi connectivity index (χ0n) is 17.3. The van der Waals surface area contributed by atoms with Gasteiger partial charge in [0.05, 0.1) is 13.7 Å². The Bertz CT molecular complexity index is 955. The van der Waals surface area contributed by atoms with Gasteiger partial charge in [-0.3, -0.25) is 0 Å². The van der Waals surface area contributed by atoms with Crippen LogP contribution in [0.5, 0.6) is 5.75 Å². The lowest BCUT2D eigenvalue weighted by molar-refractivity contribution is 0.212. The fourth-order valence-corrected chi connectivity index (χ4v) is 3.47. The molecule has 0 aliphatic heterocycles. The summed E-state index contributed by atoms with van der Waals surface area (Å²) in [6, 6.07) is 25.0. The van der Waals surface area contributed by atoms with E-state index in [9.17, 15) is 4.39 Å². The number of methoxy groups -OCH3 is 1. The number of ether oxygens (including phenoxy) is 2. The van der Waals surface area contributed by atoms with Crippen LogP contribution in [0.4, 0.5) is 4.39 Å². The summed E-state index contributed by atoms with van der Waals surface area (Å²) in [5, 5.41) is 0. The van der Waals surface area contributed by atoms with E-state index in [1.54, 1.807) is 13.2 Å². The molecule has 30 heavy (non-hydrogen) atoms. The van der Waals surface area contributed by atoms with Crippen molar-refractivity contribution in [2.75, 3.05) is 20.3 Å². The molecule has 156 valence electrons. The molecule has 0 saturated heterocycles. The van der Waals surface area contributed by atoms with Crippen LogP contribution in [0.2, 0.25) is 0 Å². The summed E-state index contributed by atoms with van der Waals surface area (Å²) < 4.78 is 25.6. The zero-order valence-corrected chi connectivity index (χ0v) is 17.3. The molecular formula is C26H28FNO2. The maximum absolute atomic E-state index is 14.0. The lowest BCUT2D eigenvalue weighted by Crippen LogP contribution is -2.11. The van der Waals surface area contributed by atoms with E-state index in [-0.39, 0.29) is 5.82 Å². The van der Waals surface area contributed by atoms with E-state index in [0.29, 0.717) is 25.3 Å². The first-order chi connectivity index (χ1) is 14.7. The highest BCUT2D eigenvalue weighted by molar-refractivity contribution is 5.70. The van der Waals surface area contributed by atoms with Crippen LogP contribution in [0, 0.1) is 5.82 Å². The Morgan fingerprint density at radius 3 is 2.30 bits per heavy atom. The normalized spacial score (nSPS) is 11.7. The summed E-state index contributed by atoms with van der Waals surface area (Å²) in [6.07, 6.45) is 2.07. The third kappa shape index (κ3) is 5.94. The highest BCUT2D eigenvalue weighted by Gasteiger charge is 2.15. The van der Waals surface area contributed by atoms with Crippen LogP contribution in [0.15, 0.2) is 84.6 Å². The molecular weight excluding hydrogens is 377 g/mol. The molecule has 0 aromatic heterocycles. The number of benzene rings is 3. The van der Waals surface area contributed by atoms with Gasteiger partial charge in [-0.05, 0) is 35.7 Å². The highest BCUT2D eigenvalue weighted by Crippen LogP contribution is 2.31. The molecule has 0 bridgehead atoms. The van der Waals surface area contributed by atoms with Gasteiger partial charge >= 0.3 is 0 Å². The molecule has 0 aliphatic rings. The van der Waals surface area contributed by atoms with Crippen molar-refractivity contribution in [1.82, 2.24) is 0 Å². The number of nitrogens with two attached hydrogens (primary N) is 1. The van der Waals surface area contributed by atoms with E-state index >= 15 is 0 Å². The molecule has 0 amide bonds. The van der Waals surface area contributed by atoms with Crippen LogP contribution in [0.3, 0.4) is 0 Å². The minimum absolute atomic E-state index is 0.285. The van der Waals surface area contributed by atoms with Crippen LogP contribution in [-0.4, -0.2) is 20.3 Å². The fraction of sp³-hybridized carbons (Fsp3) is 0.231. The largest absolute Gasteiger partial charge is 0.496 e. The number of allylic oxidation sites excluding steroid dienone is 2. The van der Waals surface area contributed by atoms with Gasteiger partial charge in [-0.25, -0.2) is 4.39 Å². The second-order valence-corrected chi connectivity index (χ2v) is 7.02. The van der Waals surface area contributed by atoms with Gasteiger partial charge in [0.2, 0.25) is 0 Å². The summed E-state index contributed by atoms with van der Waals surface area (Å²) in [5.74, 6) is 1.25. The second kappa shape index (κ2) is 11.2. The van der Waals surface area contributed by atoms with Crippen LogP contribution in [0.1, 0.15) is 23.1 Å². The molecule has 3 nitrogen and oxygen atoms in total.